The van der Waals surface area contributed by atoms with Crippen LogP contribution >= 0.6 is 0 Å². The number of rotatable bonds is 3. The number of carbonyl (C=O) groups is 2. The summed E-state index contributed by atoms with van der Waals surface area (Å²) in [7, 11) is 0. The van der Waals surface area contributed by atoms with Crippen LogP contribution in [-0.2, 0) is 4.79 Å². The van der Waals surface area contributed by atoms with E-state index in [1.807, 2.05) is 0 Å². The van der Waals surface area contributed by atoms with Gasteiger partial charge in [-0.2, -0.15) is 5.10 Å². The highest BCUT2D eigenvalue weighted by Gasteiger charge is 2.31. The SMILES string of the molecule is O=C(O)C1CCN(C(=O)c2ccc(-n3cncn3)cc2)C1. The Hall–Kier alpha value is -2.70. The number of likely N-dealkylation sites (tertiary alicyclic amines) is 1. The summed E-state index contributed by atoms with van der Waals surface area (Å²) in [6.07, 6.45) is 3.53. The van der Waals surface area contributed by atoms with Gasteiger partial charge in [0.05, 0.1) is 11.6 Å². The fourth-order valence-electron chi connectivity index (χ4n) is 2.43. The summed E-state index contributed by atoms with van der Waals surface area (Å²) in [4.78, 5) is 28.7. The molecular weight excluding hydrogens is 272 g/mol. The van der Waals surface area contributed by atoms with Crippen molar-refractivity contribution in [2.45, 2.75) is 6.42 Å². The molecule has 1 amide bonds. The lowest BCUT2D eigenvalue weighted by Crippen LogP contribution is -2.29. The lowest BCUT2D eigenvalue weighted by Gasteiger charge is -2.16. The van der Waals surface area contributed by atoms with Crippen LogP contribution in [0.3, 0.4) is 0 Å². The van der Waals surface area contributed by atoms with Gasteiger partial charge in [0, 0.05) is 18.7 Å². The molecule has 0 radical (unpaired) electrons. The first-order valence-electron chi connectivity index (χ1n) is 6.62. The molecule has 0 aliphatic carbocycles. The molecule has 1 aliphatic heterocycles. The van der Waals surface area contributed by atoms with E-state index in [-0.39, 0.29) is 12.5 Å². The van der Waals surface area contributed by atoms with E-state index in [0.717, 1.165) is 5.69 Å². The summed E-state index contributed by atoms with van der Waals surface area (Å²) in [5.74, 6) is -1.43. The average molecular weight is 286 g/mol. The van der Waals surface area contributed by atoms with Gasteiger partial charge in [-0.3, -0.25) is 9.59 Å². The van der Waals surface area contributed by atoms with Crippen LogP contribution in [0.2, 0.25) is 0 Å². The third-order valence-corrected chi connectivity index (χ3v) is 3.62. The smallest absolute Gasteiger partial charge is 0.308 e. The molecule has 1 atom stereocenters. The van der Waals surface area contributed by atoms with Crippen LogP contribution in [-0.4, -0.2) is 49.7 Å². The van der Waals surface area contributed by atoms with Gasteiger partial charge in [0.1, 0.15) is 12.7 Å². The minimum absolute atomic E-state index is 0.135. The Morgan fingerprint density at radius 3 is 2.57 bits per heavy atom. The van der Waals surface area contributed by atoms with Crippen molar-refractivity contribution in [3.05, 3.63) is 42.5 Å². The van der Waals surface area contributed by atoms with Gasteiger partial charge in [0.25, 0.3) is 5.91 Å². The molecule has 2 heterocycles. The molecule has 108 valence electrons. The molecule has 1 aromatic carbocycles. The number of aliphatic carboxylic acids is 1. The molecule has 0 bridgehead atoms. The predicted octanol–water partition coefficient (Wildman–Crippen LogP) is 0.814. The van der Waals surface area contributed by atoms with E-state index in [1.54, 1.807) is 40.2 Å². The van der Waals surface area contributed by atoms with Crippen LogP contribution in [0.25, 0.3) is 5.69 Å². The molecule has 3 rings (SSSR count). The third-order valence-electron chi connectivity index (χ3n) is 3.62. The van der Waals surface area contributed by atoms with Gasteiger partial charge in [-0.25, -0.2) is 9.67 Å². The lowest BCUT2D eigenvalue weighted by atomic mass is 10.1. The van der Waals surface area contributed by atoms with E-state index in [4.69, 9.17) is 5.11 Å². The van der Waals surface area contributed by atoms with E-state index >= 15 is 0 Å². The molecule has 0 spiro atoms. The minimum atomic E-state index is -0.841. The highest BCUT2D eigenvalue weighted by Crippen LogP contribution is 2.19. The van der Waals surface area contributed by atoms with Crippen molar-refractivity contribution in [2.75, 3.05) is 13.1 Å². The summed E-state index contributed by atoms with van der Waals surface area (Å²) in [5.41, 5.74) is 1.36. The van der Waals surface area contributed by atoms with Crippen LogP contribution in [0, 0.1) is 5.92 Å². The highest BCUT2D eigenvalue weighted by molar-refractivity contribution is 5.95. The predicted molar refractivity (Wildman–Crippen MR) is 73.0 cm³/mol. The molecule has 0 saturated carbocycles. The van der Waals surface area contributed by atoms with Gasteiger partial charge in [-0.05, 0) is 30.7 Å². The molecule has 1 fully saturated rings. The Morgan fingerprint density at radius 2 is 2.00 bits per heavy atom. The lowest BCUT2D eigenvalue weighted by molar-refractivity contribution is -0.141. The maximum atomic E-state index is 12.3. The molecule has 2 aromatic rings. The van der Waals surface area contributed by atoms with Crippen molar-refractivity contribution in [1.82, 2.24) is 19.7 Å². The second-order valence-electron chi connectivity index (χ2n) is 4.96. The topological polar surface area (TPSA) is 88.3 Å². The zero-order valence-electron chi connectivity index (χ0n) is 11.2. The second kappa shape index (κ2) is 5.35. The van der Waals surface area contributed by atoms with Crippen molar-refractivity contribution in [1.29, 1.82) is 0 Å². The van der Waals surface area contributed by atoms with Crippen molar-refractivity contribution >= 4 is 11.9 Å². The molecule has 1 aliphatic rings. The van der Waals surface area contributed by atoms with Gasteiger partial charge in [0.2, 0.25) is 0 Å². The maximum Gasteiger partial charge on any atom is 0.308 e. The molecule has 1 N–H and O–H groups in total. The Bertz CT molecular complexity index is 651. The standard InChI is InChI=1S/C14H14N4O3/c19-13(17-6-5-11(7-17)14(20)21)10-1-3-12(4-2-10)18-9-15-8-16-18/h1-4,8-9,11H,5-7H2,(H,20,21). The highest BCUT2D eigenvalue weighted by atomic mass is 16.4. The van der Waals surface area contributed by atoms with E-state index in [9.17, 15) is 9.59 Å². The number of carboxylic acids is 1. The average Bonchev–Trinajstić information content (AvgIpc) is 3.18. The Labute approximate surface area is 120 Å². The Morgan fingerprint density at radius 1 is 1.24 bits per heavy atom. The number of amides is 1. The summed E-state index contributed by atoms with van der Waals surface area (Å²) >= 11 is 0. The molecule has 1 saturated heterocycles. The van der Waals surface area contributed by atoms with Crippen LogP contribution in [0.1, 0.15) is 16.8 Å². The molecule has 1 aromatic heterocycles. The van der Waals surface area contributed by atoms with Crippen molar-refractivity contribution in [2.24, 2.45) is 5.92 Å². The van der Waals surface area contributed by atoms with Crippen LogP contribution in [0.15, 0.2) is 36.9 Å². The van der Waals surface area contributed by atoms with Crippen LogP contribution in [0.5, 0.6) is 0 Å². The second-order valence-corrected chi connectivity index (χ2v) is 4.96. The van der Waals surface area contributed by atoms with Gasteiger partial charge in [0.15, 0.2) is 0 Å². The van der Waals surface area contributed by atoms with E-state index in [1.165, 1.54) is 6.33 Å². The number of hydrogen-bond acceptors (Lipinski definition) is 4. The number of carbonyl (C=O) groups excluding carboxylic acids is 1. The van der Waals surface area contributed by atoms with Crippen molar-refractivity contribution in [3.8, 4) is 5.69 Å². The largest absolute Gasteiger partial charge is 0.481 e. The number of aromatic nitrogens is 3. The fourth-order valence-corrected chi connectivity index (χ4v) is 2.43. The fraction of sp³-hybridized carbons (Fsp3) is 0.286. The number of benzene rings is 1. The first kappa shape index (κ1) is 13.3. The minimum Gasteiger partial charge on any atom is -0.481 e. The van der Waals surface area contributed by atoms with Crippen LogP contribution in [0.4, 0.5) is 0 Å². The van der Waals surface area contributed by atoms with E-state index in [0.29, 0.717) is 18.5 Å². The quantitative estimate of drug-likeness (QED) is 0.902. The van der Waals surface area contributed by atoms with E-state index in [2.05, 4.69) is 10.1 Å². The molecular formula is C14H14N4O3. The summed E-state index contributed by atoms with van der Waals surface area (Å²) in [5, 5.41) is 13.0. The third kappa shape index (κ3) is 2.62. The maximum absolute atomic E-state index is 12.3. The molecule has 7 heteroatoms. The first-order chi connectivity index (χ1) is 10.1. The Balaban J connectivity index is 1.72. The normalized spacial score (nSPS) is 17.9. The van der Waals surface area contributed by atoms with Crippen molar-refractivity contribution in [3.63, 3.8) is 0 Å². The Kier molecular flexibility index (Phi) is 3.39. The van der Waals surface area contributed by atoms with Gasteiger partial charge in [-0.15, -0.1) is 0 Å². The number of carboxylic acid groups (broad SMARTS) is 1. The first-order valence-corrected chi connectivity index (χ1v) is 6.62. The van der Waals surface area contributed by atoms with Gasteiger partial charge in [-0.1, -0.05) is 0 Å². The zero-order valence-corrected chi connectivity index (χ0v) is 11.2. The summed E-state index contributed by atoms with van der Waals surface area (Å²) < 4.78 is 1.60. The monoisotopic (exact) mass is 286 g/mol. The molecule has 21 heavy (non-hydrogen) atoms. The van der Waals surface area contributed by atoms with Gasteiger partial charge < -0.3 is 10.0 Å². The summed E-state index contributed by atoms with van der Waals surface area (Å²) in [6.45, 7) is 0.764. The van der Waals surface area contributed by atoms with Crippen LogP contribution < -0.4 is 0 Å². The molecule has 1 unspecified atom stereocenters. The van der Waals surface area contributed by atoms with Gasteiger partial charge >= 0.3 is 5.97 Å². The van der Waals surface area contributed by atoms with Crippen molar-refractivity contribution < 1.29 is 14.7 Å². The summed E-state index contributed by atoms with van der Waals surface area (Å²) in [6, 6.07) is 7.00. The number of nitrogens with zero attached hydrogens (tertiary/aromatic N) is 4. The van der Waals surface area contributed by atoms with E-state index < -0.39 is 11.9 Å². The zero-order chi connectivity index (χ0) is 14.8. The number of hydrogen-bond donors (Lipinski definition) is 1. The molecule has 7 nitrogen and oxygen atoms in total.